The van der Waals surface area contributed by atoms with Crippen molar-refractivity contribution in [1.29, 1.82) is 0 Å². The molecule has 0 bridgehead atoms. The third-order valence-electron chi connectivity index (χ3n) is 5.19. The van der Waals surface area contributed by atoms with E-state index in [1.165, 1.54) is 21.0 Å². The predicted molar refractivity (Wildman–Crippen MR) is 109 cm³/mol. The average Bonchev–Trinajstić information content (AvgIpc) is 3.12. The molecule has 1 aliphatic rings. The van der Waals surface area contributed by atoms with E-state index in [1.54, 1.807) is 32.2 Å². The van der Waals surface area contributed by atoms with Crippen LogP contribution in [-0.4, -0.2) is 44.9 Å². The van der Waals surface area contributed by atoms with Crippen LogP contribution >= 0.6 is 0 Å². The fourth-order valence-electron chi connectivity index (χ4n) is 3.66. The molecule has 162 valence electrons. The van der Waals surface area contributed by atoms with Gasteiger partial charge in [-0.2, -0.15) is 0 Å². The van der Waals surface area contributed by atoms with Gasteiger partial charge in [-0.1, -0.05) is 21.5 Å². The van der Waals surface area contributed by atoms with E-state index in [9.17, 15) is 19.5 Å². The second-order valence-corrected chi connectivity index (χ2v) is 7.61. The first-order valence-corrected chi connectivity index (χ1v) is 9.73. The zero-order chi connectivity index (χ0) is 22.3. The summed E-state index contributed by atoms with van der Waals surface area (Å²) < 4.78 is 9.85. The molecule has 0 spiro atoms. The summed E-state index contributed by atoms with van der Waals surface area (Å²) in [5.74, 6) is -1.21. The number of hydrogen-bond donors (Lipinski definition) is 3. The van der Waals surface area contributed by atoms with Gasteiger partial charge in [0.05, 0.1) is 18.5 Å². The first-order chi connectivity index (χ1) is 14.7. The molecule has 0 unspecified atom stereocenters. The minimum atomic E-state index is -0.888. The number of ether oxygens (including phenoxy) is 1. The van der Waals surface area contributed by atoms with E-state index in [0.717, 1.165) is 5.39 Å². The first kappa shape index (κ1) is 20.5. The van der Waals surface area contributed by atoms with Crippen LogP contribution in [0.15, 0.2) is 35.3 Å². The van der Waals surface area contributed by atoms with Crippen molar-refractivity contribution in [3.05, 3.63) is 52.3 Å². The van der Waals surface area contributed by atoms with E-state index >= 15 is 0 Å². The number of hydrogen-bond acceptors (Lipinski definition) is 6. The van der Waals surface area contributed by atoms with E-state index in [0.29, 0.717) is 12.1 Å². The van der Waals surface area contributed by atoms with E-state index in [1.807, 2.05) is 12.1 Å². The molecule has 1 aromatic carbocycles. The molecule has 0 saturated carbocycles. The van der Waals surface area contributed by atoms with Gasteiger partial charge >= 0.3 is 6.03 Å². The number of fused-ring (bicyclic) bond motifs is 2. The van der Waals surface area contributed by atoms with Gasteiger partial charge in [0.1, 0.15) is 16.9 Å². The Bertz CT molecular complexity index is 1260. The van der Waals surface area contributed by atoms with E-state index in [4.69, 9.17) is 4.74 Å². The number of aromatic nitrogens is 4. The number of amides is 2. The van der Waals surface area contributed by atoms with Crippen LogP contribution in [0, 0.1) is 0 Å². The molecule has 31 heavy (non-hydrogen) atoms. The fourth-order valence-corrected chi connectivity index (χ4v) is 3.66. The van der Waals surface area contributed by atoms with Gasteiger partial charge in [-0.05, 0) is 26.0 Å². The molecule has 0 atom stereocenters. The topological polar surface area (TPSA) is 131 Å². The van der Waals surface area contributed by atoms with Crippen LogP contribution in [0.1, 0.15) is 30.2 Å². The van der Waals surface area contributed by atoms with Gasteiger partial charge in [0.15, 0.2) is 5.69 Å². The summed E-state index contributed by atoms with van der Waals surface area (Å²) >= 11 is 0. The number of nitrogens with zero attached hydrogens (tertiary/aromatic N) is 4. The SMILES string of the molecule is CNC(=O)n1c2ccccc2c[n+]1CNC(=O)c1nc2n(c(=O)c1O)CCOC2(C)C. The Hall–Kier alpha value is -3.73. The number of benzene rings is 1. The van der Waals surface area contributed by atoms with Crippen molar-refractivity contribution < 1.29 is 24.1 Å². The maximum absolute atomic E-state index is 12.8. The molecule has 3 N–H and O–H groups in total. The third kappa shape index (κ3) is 3.42. The first-order valence-electron chi connectivity index (χ1n) is 9.73. The van der Waals surface area contributed by atoms with Crippen LogP contribution in [-0.2, 0) is 23.6 Å². The standard InChI is InChI=1S/C20H22N6O5/c1-20(2)18-23-14(15(27)17(29)25(18)8-9-31-20)16(28)22-11-24-10-12-6-4-5-7-13(12)26(24)19(30)21-3/h4-7,10H,8-9,11H2,1-3H3,(H2-,21,22,27,28,30)/p+1. The van der Waals surface area contributed by atoms with Crippen molar-refractivity contribution >= 4 is 22.8 Å². The highest BCUT2D eigenvalue weighted by atomic mass is 16.5. The van der Waals surface area contributed by atoms with Crippen molar-refractivity contribution in [2.45, 2.75) is 32.7 Å². The van der Waals surface area contributed by atoms with Gasteiger partial charge in [-0.15, -0.1) is 0 Å². The molecule has 4 rings (SSSR count). The molecule has 0 fully saturated rings. The zero-order valence-electron chi connectivity index (χ0n) is 17.4. The second-order valence-electron chi connectivity index (χ2n) is 7.61. The normalized spacial score (nSPS) is 14.8. The smallest absolute Gasteiger partial charge is 0.375 e. The molecule has 2 aromatic heterocycles. The summed E-state index contributed by atoms with van der Waals surface area (Å²) in [6, 6.07) is 6.88. The van der Waals surface area contributed by atoms with Crippen molar-refractivity contribution in [3.8, 4) is 5.75 Å². The Balaban J connectivity index is 1.67. The lowest BCUT2D eigenvalue weighted by Gasteiger charge is -2.32. The molecule has 3 aromatic rings. The fraction of sp³-hybridized carbons (Fsp3) is 0.350. The molecular weight excluding hydrogens is 404 g/mol. The van der Waals surface area contributed by atoms with Crippen molar-refractivity contribution in [3.63, 3.8) is 0 Å². The number of carbonyl (C=O) groups excluding carboxylic acids is 2. The Morgan fingerprint density at radius 3 is 2.81 bits per heavy atom. The van der Waals surface area contributed by atoms with Crippen molar-refractivity contribution in [1.82, 2.24) is 24.9 Å². The van der Waals surface area contributed by atoms with E-state index < -0.39 is 28.5 Å². The second kappa shape index (κ2) is 7.51. The van der Waals surface area contributed by atoms with Gasteiger partial charge in [0.2, 0.25) is 18.6 Å². The molecule has 2 amide bonds. The molecule has 0 radical (unpaired) electrons. The van der Waals surface area contributed by atoms with Gasteiger partial charge in [-0.3, -0.25) is 19.5 Å². The lowest BCUT2D eigenvalue weighted by Crippen LogP contribution is -2.53. The lowest BCUT2D eigenvalue weighted by molar-refractivity contribution is -0.764. The Kier molecular flexibility index (Phi) is 4.97. The molecule has 0 aliphatic carbocycles. The van der Waals surface area contributed by atoms with Gasteiger partial charge in [-0.25, -0.2) is 9.78 Å². The van der Waals surface area contributed by atoms with Crippen LogP contribution in [0.2, 0.25) is 0 Å². The number of rotatable bonds is 3. The summed E-state index contributed by atoms with van der Waals surface area (Å²) in [6.45, 7) is 3.91. The molecule has 0 saturated heterocycles. The highest BCUT2D eigenvalue weighted by Gasteiger charge is 2.34. The largest absolute Gasteiger partial charge is 0.501 e. The summed E-state index contributed by atoms with van der Waals surface area (Å²) in [7, 11) is 1.51. The number of aromatic hydroxyl groups is 1. The van der Waals surface area contributed by atoms with Gasteiger partial charge < -0.3 is 15.2 Å². The van der Waals surface area contributed by atoms with Crippen LogP contribution in [0.5, 0.6) is 5.75 Å². The van der Waals surface area contributed by atoms with Gasteiger partial charge in [0, 0.05) is 7.05 Å². The van der Waals surface area contributed by atoms with Crippen LogP contribution in [0.3, 0.4) is 0 Å². The minimum absolute atomic E-state index is 0.0969. The maximum atomic E-state index is 12.8. The summed E-state index contributed by atoms with van der Waals surface area (Å²) in [5.41, 5.74) is -1.32. The maximum Gasteiger partial charge on any atom is 0.375 e. The van der Waals surface area contributed by atoms with Crippen LogP contribution < -0.4 is 20.9 Å². The predicted octanol–water partition coefficient (Wildman–Crippen LogP) is 0.0314. The van der Waals surface area contributed by atoms with Crippen molar-refractivity contribution in [2.24, 2.45) is 0 Å². The van der Waals surface area contributed by atoms with Crippen LogP contribution in [0.25, 0.3) is 10.9 Å². The molecule has 1 aliphatic heterocycles. The highest BCUT2D eigenvalue weighted by Crippen LogP contribution is 2.27. The molecular formula is C20H23N6O5+. The highest BCUT2D eigenvalue weighted by molar-refractivity contribution is 5.94. The van der Waals surface area contributed by atoms with E-state index in [2.05, 4.69) is 15.6 Å². The number of carbonyl (C=O) groups is 2. The molecule has 11 heteroatoms. The van der Waals surface area contributed by atoms with Crippen molar-refractivity contribution in [2.75, 3.05) is 13.7 Å². The third-order valence-corrected chi connectivity index (χ3v) is 5.19. The average molecular weight is 427 g/mol. The Morgan fingerprint density at radius 1 is 1.32 bits per heavy atom. The number of para-hydroxylation sites is 1. The lowest BCUT2D eigenvalue weighted by atomic mass is 10.1. The molecule has 11 nitrogen and oxygen atoms in total. The zero-order valence-corrected chi connectivity index (χ0v) is 17.4. The van der Waals surface area contributed by atoms with Gasteiger partial charge in [0.25, 0.3) is 11.5 Å². The summed E-state index contributed by atoms with van der Waals surface area (Å²) in [4.78, 5) is 42.0. The van der Waals surface area contributed by atoms with E-state index in [-0.39, 0.29) is 25.1 Å². The Morgan fingerprint density at radius 2 is 2.06 bits per heavy atom. The number of nitrogens with one attached hydrogen (secondary N) is 2. The minimum Gasteiger partial charge on any atom is -0.501 e. The summed E-state index contributed by atoms with van der Waals surface area (Å²) in [5, 5.41) is 16.3. The quantitative estimate of drug-likeness (QED) is 0.506. The summed E-state index contributed by atoms with van der Waals surface area (Å²) in [6.07, 6.45) is 1.71. The van der Waals surface area contributed by atoms with Crippen LogP contribution in [0.4, 0.5) is 4.79 Å². The Labute approximate surface area is 176 Å². The monoisotopic (exact) mass is 427 g/mol. The molecule has 3 heterocycles.